The maximum Gasteiger partial charge on any atom is 0.323 e. The number of halogens is 2. The Balaban J connectivity index is 2.66. The highest BCUT2D eigenvalue weighted by atomic mass is 79.9. The van der Waals surface area contributed by atoms with E-state index in [0.29, 0.717) is 12.3 Å². The molecule has 1 N–H and O–H groups in total. The van der Waals surface area contributed by atoms with E-state index >= 15 is 0 Å². The molecule has 1 aromatic carbocycles. The summed E-state index contributed by atoms with van der Waals surface area (Å²) in [6.07, 6.45) is 0. The molecule has 0 heterocycles. The Morgan fingerprint density at radius 1 is 1.33 bits per heavy atom. The first-order valence-corrected chi connectivity index (χ1v) is 7.95. The number of hydrogen-bond acceptors (Lipinski definition) is 3. The topological polar surface area (TPSA) is 66.8 Å². The Morgan fingerprint density at radius 3 is 2.52 bits per heavy atom. The van der Waals surface area contributed by atoms with Crippen molar-refractivity contribution in [2.75, 3.05) is 19.7 Å². The number of rotatable bonds is 7. The lowest BCUT2D eigenvalue weighted by molar-refractivity contribution is -0.145. The van der Waals surface area contributed by atoms with Crippen molar-refractivity contribution >= 4 is 43.7 Å². The summed E-state index contributed by atoms with van der Waals surface area (Å²) >= 11 is 6.67. The van der Waals surface area contributed by atoms with Gasteiger partial charge in [0.2, 0.25) is 0 Å². The van der Waals surface area contributed by atoms with Gasteiger partial charge in [-0.05, 0) is 40.0 Å². The molecule has 0 fully saturated rings. The monoisotopic (exact) mass is 421 g/mol. The molecule has 0 atom stereocenters. The smallest absolute Gasteiger partial charge is 0.323 e. The van der Waals surface area contributed by atoms with Gasteiger partial charge in [-0.2, -0.15) is 0 Å². The first-order valence-electron chi connectivity index (χ1n) is 6.37. The van der Waals surface area contributed by atoms with Gasteiger partial charge in [0.15, 0.2) is 6.61 Å². The van der Waals surface area contributed by atoms with Gasteiger partial charge in [0.05, 0.1) is 4.47 Å². The molecule has 7 heteroatoms. The quantitative estimate of drug-likeness (QED) is 0.732. The molecule has 0 radical (unpaired) electrons. The molecule has 1 rings (SSSR count). The van der Waals surface area contributed by atoms with E-state index in [2.05, 4.69) is 31.9 Å². The van der Waals surface area contributed by atoms with Gasteiger partial charge >= 0.3 is 5.97 Å². The van der Waals surface area contributed by atoms with Crippen LogP contribution in [0.4, 0.5) is 0 Å². The van der Waals surface area contributed by atoms with Crippen LogP contribution >= 0.6 is 31.9 Å². The minimum atomic E-state index is -1.03. The molecule has 0 aliphatic heterocycles. The van der Waals surface area contributed by atoms with Crippen LogP contribution < -0.4 is 4.74 Å². The zero-order valence-electron chi connectivity index (χ0n) is 11.8. The fourth-order valence-corrected chi connectivity index (χ4v) is 2.84. The molecule has 0 aliphatic carbocycles. The largest absolute Gasteiger partial charge is 0.483 e. The van der Waals surface area contributed by atoms with Gasteiger partial charge in [-0.3, -0.25) is 9.59 Å². The molecule has 0 aliphatic rings. The Bertz CT molecular complexity index is 520. The van der Waals surface area contributed by atoms with Crippen molar-refractivity contribution in [2.24, 2.45) is 5.92 Å². The van der Waals surface area contributed by atoms with E-state index in [1.54, 1.807) is 12.1 Å². The van der Waals surface area contributed by atoms with Crippen LogP contribution in [0.5, 0.6) is 5.75 Å². The van der Waals surface area contributed by atoms with Crippen molar-refractivity contribution in [2.45, 2.75) is 13.8 Å². The van der Waals surface area contributed by atoms with E-state index in [9.17, 15) is 9.59 Å². The first kappa shape index (κ1) is 18.0. The number of aliphatic carboxylic acids is 1. The van der Waals surface area contributed by atoms with E-state index in [-0.39, 0.29) is 25.0 Å². The summed E-state index contributed by atoms with van der Waals surface area (Å²) in [4.78, 5) is 24.2. The molecule has 0 bridgehead atoms. The van der Waals surface area contributed by atoms with Crippen LogP contribution in [0, 0.1) is 5.92 Å². The standard InChI is InChI=1S/C14H17Br2NO4/c1-9(2)6-17(7-14(19)20)13(18)8-21-12-4-3-10(15)5-11(12)16/h3-5,9H,6-8H2,1-2H3,(H,19,20). The fourth-order valence-electron chi connectivity index (χ4n) is 1.68. The second-order valence-corrected chi connectivity index (χ2v) is 6.70. The van der Waals surface area contributed by atoms with Gasteiger partial charge in [-0.25, -0.2) is 0 Å². The fraction of sp³-hybridized carbons (Fsp3) is 0.429. The number of benzene rings is 1. The van der Waals surface area contributed by atoms with Crippen LogP contribution in [0.15, 0.2) is 27.1 Å². The molecule has 1 amide bonds. The number of ether oxygens (including phenoxy) is 1. The van der Waals surface area contributed by atoms with Gasteiger partial charge < -0.3 is 14.7 Å². The van der Waals surface area contributed by atoms with E-state index in [1.807, 2.05) is 19.9 Å². The van der Waals surface area contributed by atoms with Gasteiger partial charge in [0.1, 0.15) is 12.3 Å². The SMILES string of the molecule is CC(C)CN(CC(=O)O)C(=O)COc1ccc(Br)cc1Br. The van der Waals surface area contributed by atoms with Gasteiger partial charge in [-0.1, -0.05) is 29.8 Å². The molecule has 0 unspecified atom stereocenters. The number of carbonyl (C=O) groups excluding carboxylic acids is 1. The highest BCUT2D eigenvalue weighted by molar-refractivity contribution is 9.11. The highest BCUT2D eigenvalue weighted by Crippen LogP contribution is 2.28. The second kappa shape index (κ2) is 8.38. The third-order valence-electron chi connectivity index (χ3n) is 2.51. The summed E-state index contributed by atoms with van der Waals surface area (Å²) in [6.45, 7) is 3.72. The summed E-state index contributed by atoms with van der Waals surface area (Å²) in [7, 11) is 0. The predicted octanol–water partition coefficient (Wildman–Crippen LogP) is 3.16. The van der Waals surface area contributed by atoms with Crippen molar-refractivity contribution < 1.29 is 19.4 Å². The maximum atomic E-state index is 12.1. The van der Waals surface area contributed by atoms with Crippen molar-refractivity contribution in [1.29, 1.82) is 0 Å². The van der Waals surface area contributed by atoms with Crippen LogP contribution in [0.1, 0.15) is 13.8 Å². The van der Waals surface area contributed by atoms with E-state index in [0.717, 1.165) is 8.95 Å². The van der Waals surface area contributed by atoms with E-state index in [1.165, 1.54) is 4.90 Å². The van der Waals surface area contributed by atoms with Gasteiger partial charge in [-0.15, -0.1) is 0 Å². The van der Waals surface area contributed by atoms with Gasteiger partial charge in [0, 0.05) is 11.0 Å². The summed E-state index contributed by atoms with van der Waals surface area (Å²) in [6, 6.07) is 5.34. The zero-order chi connectivity index (χ0) is 16.0. The second-order valence-electron chi connectivity index (χ2n) is 4.93. The van der Waals surface area contributed by atoms with Crippen LogP contribution in [0.25, 0.3) is 0 Å². The summed E-state index contributed by atoms with van der Waals surface area (Å²) in [5.41, 5.74) is 0. The normalized spacial score (nSPS) is 10.5. The number of carbonyl (C=O) groups is 2. The Labute approximate surface area is 140 Å². The van der Waals surface area contributed by atoms with Crippen LogP contribution in [-0.2, 0) is 9.59 Å². The molecule has 0 saturated heterocycles. The summed E-state index contributed by atoms with van der Waals surface area (Å²) in [5.74, 6) is -0.658. The average molecular weight is 423 g/mol. The van der Waals surface area contributed by atoms with Crippen LogP contribution in [-0.4, -0.2) is 41.6 Å². The molecule has 0 saturated carbocycles. The van der Waals surface area contributed by atoms with Crippen molar-refractivity contribution in [3.05, 3.63) is 27.1 Å². The minimum Gasteiger partial charge on any atom is -0.483 e. The number of hydrogen-bond donors (Lipinski definition) is 1. The average Bonchev–Trinajstić information content (AvgIpc) is 2.35. The highest BCUT2D eigenvalue weighted by Gasteiger charge is 2.18. The lowest BCUT2D eigenvalue weighted by Gasteiger charge is -2.22. The first-order chi connectivity index (χ1) is 9.79. The number of carboxylic acid groups (broad SMARTS) is 1. The number of carboxylic acids is 1. The Hall–Kier alpha value is -1.08. The van der Waals surface area contributed by atoms with Gasteiger partial charge in [0.25, 0.3) is 5.91 Å². The molecule has 21 heavy (non-hydrogen) atoms. The number of nitrogens with zero attached hydrogens (tertiary/aromatic N) is 1. The maximum absolute atomic E-state index is 12.1. The van der Waals surface area contributed by atoms with E-state index < -0.39 is 5.97 Å². The summed E-state index contributed by atoms with van der Waals surface area (Å²) < 4.78 is 7.06. The molecule has 0 aromatic heterocycles. The molecule has 116 valence electrons. The number of amides is 1. The minimum absolute atomic E-state index is 0.188. The molecular formula is C14H17Br2NO4. The predicted molar refractivity (Wildman–Crippen MR) is 86.4 cm³/mol. The van der Waals surface area contributed by atoms with Crippen molar-refractivity contribution in [3.63, 3.8) is 0 Å². The molecule has 5 nitrogen and oxygen atoms in total. The van der Waals surface area contributed by atoms with Crippen LogP contribution in [0.3, 0.4) is 0 Å². The van der Waals surface area contributed by atoms with Crippen molar-refractivity contribution in [1.82, 2.24) is 4.90 Å². The van der Waals surface area contributed by atoms with Crippen molar-refractivity contribution in [3.8, 4) is 5.75 Å². The molecular weight excluding hydrogens is 406 g/mol. The lowest BCUT2D eigenvalue weighted by atomic mass is 10.2. The van der Waals surface area contributed by atoms with Crippen LogP contribution in [0.2, 0.25) is 0 Å². The Morgan fingerprint density at radius 2 is 2.00 bits per heavy atom. The zero-order valence-corrected chi connectivity index (χ0v) is 15.0. The third-order valence-corrected chi connectivity index (χ3v) is 3.62. The molecule has 0 spiro atoms. The Kier molecular flexibility index (Phi) is 7.17. The third kappa shape index (κ3) is 6.48. The van der Waals surface area contributed by atoms with E-state index in [4.69, 9.17) is 9.84 Å². The lowest BCUT2D eigenvalue weighted by Crippen LogP contribution is -2.40. The molecule has 1 aromatic rings. The summed E-state index contributed by atoms with van der Waals surface area (Å²) in [5, 5.41) is 8.86.